The van der Waals surface area contributed by atoms with Crippen molar-refractivity contribution in [2.45, 2.75) is 37.1 Å². The lowest BCUT2D eigenvalue weighted by Crippen LogP contribution is -2.43. The van der Waals surface area contributed by atoms with Gasteiger partial charge in [0.1, 0.15) is 6.10 Å². The summed E-state index contributed by atoms with van der Waals surface area (Å²) in [6.07, 6.45) is -3.40. The molecule has 1 aromatic rings. The SMILES string of the molecule is CN1CC(CCN2CCC(O)(c3cccc(C(F)(F)F)c3)CC2)OC1=O.Cl. The van der Waals surface area contributed by atoms with Gasteiger partial charge >= 0.3 is 12.3 Å². The number of benzene rings is 1. The highest BCUT2D eigenvalue weighted by Gasteiger charge is 2.37. The largest absolute Gasteiger partial charge is 0.444 e. The molecule has 1 amide bonds. The minimum Gasteiger partial charge on any atom is -0.444 e. The van der Waals surface area contributed by atoms with Gasteiger partial charge in [-0.2, -0.15) is 13.2 Å². The zero-order chi connectivity index (χ0) is 18.9. The van der Waals surface area contributed by atoms with E-state index < -0.39 is 17.3 Å². The van der Waals surface area contributed by atoms with E-state index in [1.165, 1.54) is 11.0 Å². The van der Waals surface area contributed by atoms with Gasteiger partial charge in [0.2, 0.25) is 0 Å². The molecule has 0 radical (unpaired) electrons. The second-order valence-corrected chi connectivity index (χ2v) is 7.13. The Bertz CT molecular complexity index is 663. The number of amides is 1. The van der Waals surface area contributed by atoms with Crippen molar-refractivity contribution in [2.24, 2.45) is 0 Å². The van der Waals surface area contributed by atoms with Crippen LogP contribution in [0.25, 0.3) is 0 Å². The topological polar surface area (TPSA) is 53.0 Å². The summed E-state index contributed by atoms with van der Waals surface area (Å²) in [7, 11) is 1.69. The smallest absolute Gasteiger partial charge is 0.416 e. The number of carbonyl (C=O) groups excluding carboxylic acids is 1. The van der Waals surface area contributed by atoms with Crippen LogP contribution in [0.2, 0.25) is 0 Å². The Balaban J connectivity index is 0.00000261. The van der Waals surface area contributed by atoms with Crippen LogP contribution in [0.1, 0.15) is 30.4 Å². The molecule has 2 saturated heterocycles. The molecule has 0 saturated carbocycles. The second-order valence-electron chi connectivity index (χ2n) is 7.13. The summed E-state index contributed by atoms with van der Waals surface area (Å²) in [6, 6.07) is 4.96. The molecule has 2 fully saturated rings. The molecule has 1 atom stereocenters. The summed E-state index contributed by atoms with van der Waals surface area (Å²) in [5, 5.41) is 10.8. The van der Waals surface area contributed by atoms with Crippen LogP contribution >= 0.6 is 12.4 Å². The van der Waals surface area contributed by atoms with E-state index in [1.54, 1.807) is 13.1 Å². The number of likely N-dealkylation sites (N-methyl/N-ethyl adjacent to an activating group) is 1. The van der Waals surface area contributed by atoms with Crippen molar-refractivity contribution >= 4 is 18.5 Å². The monoisotopic (exact) mass is 408 g/mol. The van der Waals surface area contributed by atoms with E-state index in [0.29, 0.717) is 44.5 Å². The minimum absolute atomic E-state index is 0. The van der Waals surface area contributed by atoms with Gasteiger partial charge in [0.15, 0.2) is 0 Å². The van der Waals surface area contributed by atoms with Gasteiger partial charge in [-0.25, -0.2) is 4.79 Å². The minimum atomic E-state index is -4.42. The molecular weight excluding hydrogens is 385 g/mol. The van der Waals surface area contributed by atoms with E-state index in [0.717, 1.165) is 18.7 Å². The molecule has 3 rings (SSSR count). The summed E-state index contributed by atoms with van der Waals surface area (Å²) < 4.78 is 43.9. The lowest BCUT2D eigenvalue weighted by Gasteiger charge is -2.39. The maximum atomic E-state index is 12.9. The molecule has 27 heavy (non-hydrogen) atoms. The van der Waals surface area contributed by atoms with Gasteiger partial charge in [-0.15, -0.1) is 12.4 Å². The quantitative estimate of drug-likeness (QED) is 0.831. The van der Waals surface area contributed by atoms with Crippen molar-refractivity contribution in [2.75, 3.05) is 33.2 Å². The standard InChI is InChI=1S/C18H23F3N2O3.ClH/c1-22-12-15(26-16(22)24)5-8-23-9-6-17(25,7-10-23)13-3-2-4-14(11-13)18(19,20)21;/h2-4,11,15,25H,5-10,12H2,1H3;1H. The maximum Gasteiger partial charge on any atom is 0.416 e. The number of hydrogen-bond donors (Lipinski definition) is 1. The van der Waals surface area contributed by atoms with Crippen LogP contribution < -0.4 is 0 Å². The van der Waals surface area contributed by atoms with Crippen LogP contribution in [0.4, 0.5) is 18.0 Å². The van der Waals surface area contributed by atoms with Crippen molar-refractivity contribution in [1.29, 1.82) is 0 Å². The van der Waals surface area contributed by atoms with Crippen molar-refractivity contribution in [3.8, 4) is 0 Å². The third-order valence-corrected chi connectivity index (χ3v) is 5.23. The summed E-state index contributed by atoms with van der Waals surface area (Å²) in [5.41, 5.74) is -1.66. The fourth-order valence-electron chi connectivity index (χ4n) is 3.55. The molecule has 0 aliphatic carbocycles. The van der Waals surface area contributed by atoms with Gasteiger partial charge < -0.3 is 19.6 Å². The van der Waals surface area contributed by atoms with Crippen molar-refractivity contribution in [3.05, 3.63) is 35.4 Å². The molecule has 0 aromatic heterocycles. The van der Waals surface area contributed by atoms with E-state index in [1.807, 2.05) is 0 Å². The normalized spacial score (nSPS) is 23.1. The number of halogens is 4. The summed E-state index contributed by atoms with van der Waals surface area (Å²) in [6.45, 7) is 2.47. The number of ether oxygens (including phenoxy) is 1. The molecule has 9 heteroatoms. The van der Waals surface area contributed by atoms with Gasteiger partial charge in [-0.3, -0.25) is 0 Å². The van der Waals surface area contributed by atoms with Crippen LogP contribution in [0.15, 0.2) is 24.3 Å². The van der Waals surface area contributed by atoms with Crippen molar-refractivity contribution in [3.63, 3.8) is 0 Å². The Labute approximate surface area is 162 Å². The van der Waals surface area contributed by atoms with E-state index >= 15 is 0 Å². The molecule has 1 N–H and O–H groups in total. The van der Waals surface area contributed by atoms with Gasteiger partial charge in [0.05, 0.1) is 17.7 Å². The summed E-state index contributed by atoms with van der Waals surface area (Å²) in [5.74, 6) is 0. The molecule has 0 bridgehead atoms. The van der Waals surface area contributed by atoms with Crippen LogP contribution in [-0.4, -0.2) is 60.3 Å². The number of hydrogen-bond acceptors (Lipinski definition) is 4. The molecule has 2 aliphatic rings. The maximum absolute atomic E-state index is 12.9. The first kappa shape index (κ1) is 21.8. The first-order valence-electron chi connectivity index (χ1n) is 8.72. The predicted octanol–water partition coefficient (Wildman–Crippen LogP) is 3.25. The highest BCUT2D eigenvalue weighted by atomic mass is 35.5. The van der Waals surface area contributed by atoms with Gasteiger partial charge in [-0.05, 0) is 37.0 Å². The van der Waals surface area contributed by atoms with Gasteiger partial charge in [0.25, 0.3) is 0 Å². The molecule has 152 valence electrons. The third kappa shape index (κ3) is 5.06. The molecular formula is C18H24ClF3N2O3. The average molecular weight is 409 g/mol. The molecule has 2 aliphatic heterocycles. The van der Waals surface area contributed by atoms with Crippen molar-refractivity contribution < 1.29 is 27.8 Å². The van der Waals surface area contributed by atoms with Gasteiger partial charge in [-0.1, -0.05) is 12.1 Å². The number of piperidine rings is 1. The highest BCUT2D eigenvalue weighted by Crippen LogP contribution is 2.36. The number of aliphatic hydroxyl groups is 1. The van der Waals surface area contributed by atoms with E-state index in [4.69, 9.17) is 4.74 Å². The fraction of sp³-hybridized carbons (Fsp3) is 0.611. The van der Waals surface area contributed by atoms with E-state index in [-0.39, 0.29) is 24.6 Å². The summed E-state index contributed by atoms with van der Waals surface area (Å²) in [4.78, 5) is 15.0. The van der Waals surface area contributed by atoms with Crippen LogP contribution in [0, 0.1) is 0 Å². The highest BCUT2D eigenvalue weighted by molar-refractivity contribution is 5.85. The zero-order valence-electron chi connectivity index (χ0n) is 15.0. The van der Waals surface area contributed by atoms with Gasteiger partial charge in [0, 0.05) is 26.7 Å². The fourth-order valence-corrected chi connectivity index (χ4v) is 3.55. The van der Waals surface area contributed by atoms with Crippen LogP contribution in [0.3, 0.4) is 0 Å². The Morgan fingerprint density at radius 1 is 1.30 bits per heavy atom. The Morgan fingerprint density at radius 2 is 1.96 bits per heavy atom. The second kappa shape index (κ2) is 8.24. The van der Waals surface area contributed by atoms with E-state index in [2.05, 4.69) is 4.90 Å². The Hall–Kier alpha value is -1.51. The number of likely N-dealkylation sites (tertiary alicyclic amines) is 1. The number of cyclic esters (lactones) is 1. The van der Waals surface area contributed by atoms with E-state index in [9.17, 15) is 23.1 Å². The molecule has 0 spiro atoms. The molecule has 2 heterocycles. The van der Waals surface area contributed by atoms with Crippen LogP contribution in [0.5, 0.6) is 0 Å². The third-order valence-electron chi connectivity index (χ3n) is 5.23. The Kier molecular flexibility index (Phi) is 6.65. The molecule has 1 unspecified atom stereocenters. The molecule has 5 nitrogen and oxygen atoms in total. The average Bonchev–Trinajstić information content (AvgIpc) is 2.92. The van der Waals surface area contributed by atoms with Crippen LogP contribution in [-0.2, 0) is 16.5 Å². The first-order valence-corrected chi connectivity index (χ1v) is 8.72. The summed E-state index contributed by atoms with van der Waals surface area (Å²) >= 11 is 0. The lowest BCUT2D eigenvalue weighted by atomic mass is 9.83. The predicted molar refractivity (Wildman–Crippen MR) is 95.8 cm³/mol. The number of carbonyl (C=O) groups is 1. The number of alkyl halides is 3. The van der Waals surface area contributed by atoms with Crippen molar-refractivity contribution in [1.82, 2.24) is 9.80 Å². The number of rotatable bonds is 4. The zero-order valence-corrected chi connectivity index (χ0v) is 15.9. The lowest BCUT2D eigenvalue weighted by molar-refractivity contribution is -0.137. The Morgan fingerprint density at radius 3 is 2.52 bits per heavy atom. The molecule has 1 aromatic carbocycles. The first-order chi connectivity index (χ1) is 12.2. The number of nitrogens with zero attached hydrogens (tertiary/aromatic N) is 2.